The summed E-state index contributed by atoms with van der Waals surface area (Å²) < 4.78 is 0. The molecule has 1 fully saturated rings. The Hall–Kier alpha value is 0.210. The van der Waals surface area contributed by atoms with Crippen LogP contribution in [0.1, 0.15) is 6.42 Å². The first-order valence-electron chi connectivity index (χ1n) is 3.12. The molecule has 1 heterocycles. The van der Waals surface area contributed by atoms with Crippen molar-refractivity contribution in [3.05, 3.63) is 0 Å². The van der Waals surface area contributed by atoms with Crippen LogP contribution in [-0.4, -0.2) is 36.8 Å². The SMILES string of the molecule is CN1CC[C@H](CO)C1.Cl. The third-order valence-electron chi connectivity index (χ3n) is 1.75. The van der Waals surface area contributed by atoms with Gasteiger partial charge in [0.25, 0.3) is 0 Å². The first-order chi connectivity index (χ1) is 3.83. The zero-order chi connectivity index (χ0) is 5.98. The van der Waals surface area contributed by atoms with Gasteiger partial charge in [-0.25, -0.2) is 0 Å². The van der Waals surface area contributed by atoms with Gasteiger partial charge in [0.1, 0.15) is 0 Å². The number of aliphatic hydroxyl groups is 1. The lowest BCUT2D eigenvalue weighted by atomic mass is 10.1. The van der Waals surface area contributed by atoms with E-state index >= 15 is 0 Å². The van der Waals surface area contributed by atoms with Crippen LogP contribution in [0.4, 0.5) is 0 Å². The van der Waals surface area contributed by atoms with Crippen LogP contribution >= 0.6 is 12.4 Å². The second-order valence-electron chi connectivity index (χ2n) is 2.60. The third-order valence-corrected chi connectivity index (χ3v) is 1.75. The van der Waals surface area contributed by atoms with Crippen LogP contribution in [0, 0.1) is 5.92 Å². The minimum Gasteiger partial charge on any atom is -0.396 e. The van der Waals surface area contributed by atoms with Crippen LogP contribution in [0.2, 0.25) is 0 Å². The van der Waals surface area contributed by atoms with Crippen molar-refractivity contribution in [3.8, 4) is 0 Å². The van der Waals surface area contributed by atoms with Gasteiger partial charge in [-0.1, -0.05) is 0 Å². The summed E-state index contributed by atoms with van der Waals surface area (Å²) in [5.74, 6) is 0.556. The predicted octanol–water partition coefficient (Wildman–Crippen LogP) is 0.352. The normalized spacial score (nSPS) is 28.0. The van der Waals surface area contributed by atoms with Crippen LogP contribution in [0.5, 0.6) is 0 Å². The van der Waals surface area contributed by atoms with Crippen molar-refractivity contribution in [1.29, 1.82) is 0 Å². The second kappa shape index (κ2) is 4.09. The molecule has 1 saturated heterocycles. The van der Waals surface area contributed by atoms with Crippen molar-refractivity contribution in [1.82, 2.24) is 4.90 Å². The van der Waals surface area contributed by atoms with Crippen LogP contribution in [0.25, 0.3) is 0 Å². The van der Waals surface area contributed by atoms with Crippen molar-refractivity contribution >= 4 is 12.4 Å². The molecule has 1 atom stereocenters. The lowest BCUT2D eigenvalue weighted by molar-refractivity contribution is 0.228. The van der Waals surface area contributed by atoms with Crippen molar-refractivity contribution in [2.24, 2.45) is 5.92 Å². The lowest BCUT2D eigenvalue weighted by Crippen LogP contribution is -2.15. The van der Waals surface area contributed by atoms with Gasteiger partial charge in [0.15, 0.2) is 0 Å². The van der Waals surface area contributed by atoms with E-state index in [4.69, 9.17) is 5.11 Å². The molecule has 1 aliphatic heterocycles. The Morgan fingerprint density at radius 1 is 1.67 bits per heavy atom. The maximum atomic E-state index is 8.66. The molecule has 0 aromatic carbocycles. The van der Waals surface area contributed by atoms with E-state index in [9.17, 15) is 0 Å². The highest BCUT2D eigenvalue weighted by Gasteiger charge is 2.17. The topological polar surface area (TPSA) is 23.5 Å². The molecule has 0 saturated carbocycles. The predicted molar refractivity (Wildman–Crippen MR) is 39.9 cm³/mol. The van der Waals surface area contributed by atoms with Gasteiger partial charge in [0.2, 0.25) is 0 Å². The van der Waals surface area contributed by atoms with Crippen LogP contribution in [-0.2, 0) is 0 Å². The monoisotopic (exact) mass is 151 g/mol. The number of nitrogens with zero attached hydrogens (tertiary/aromatic N) is 1. The summed E-state index contributed by atoms with van der Waals surface area (Å²) in [5, 5.41) is 8.66. The highest BCUT2D eigenvalue weighted by Crippen LogP contribution is 2.12. The van der Waals surface area contributed by atoms with E-state index in [0.29, 0.717) is 12.5 Å². The van der Waals surface area contributed by atoms with Crippen molar-refractivity contribution in [2.75, 3.05) is 26.7 Å². The van der Waals surface area contributed by atoms with E-state index in [-0.39, 0.29) is 12.4 Å². The average molecular weight is 152 g/mol. The molecular weight excluding hydrogens is 138 g/mol. The first-order valence-corrected chi connectivity index (χ1v) is 3.12. The van der Waals surface area contributed by atoms with E-state index in [1.807, 2.05) is 0 Å². The van der Waals surface area contributed by atoms with Crippen molar-refractivity contribution < 1.29 is 5.11 Å². The summed E-state index contributed by atoms with van der Waals surface area (Å²) in [4.78, 5) is 2.25. The molecule has 0 radical (unpaired) electrons. The highest BCUT2D eigenvalue weighted by atomic mass is 35.5. The number of hydrogen-bond acceptors (Lipinski definition) is 2. The van der Waals surface area contributed by atoms with E-state index in [1.165, 1.54) is 6.42 Å². The number of halogens is 1. The quantitative estimate of drug-likeness (QED) is 0.585. The fraction of sp³-hybridized carbons (Fsp3) is 1.00. The Bertz CT molecular complexity index is 79.5. The first kappa shape index (κ1) is 9.21. The van der Waals surface area contributed by atoms with Gasteiger partial charge >= 0.3 is 0 Å². The molecule has 3 heteroatoms. The summed E-state index contributed by atoms with van der Waals surface area (Å²) in [6.45, 7) is 2.60. The Balaban J connectivity index is 0.000000640. The number of hydrogen-bond donors (Lipinski definition) is 1. The Labute approximate surface area is 62.3 Å². The minimum atomic E-state index is 0. The summed E-state index contributed by atoms with van der Waals surface area (Å²) in [6.07, 6.45) is 1.17. The molecule has 56 valence electrons. The molecule has 0 aliphatic carbocycles. The second-order valence-corrected chi connectivity index (χ2v) is 2.60. The molecule has 1 N–H and O–H groups in total. The smallest absolute Gasteiger partial charge is 0.0471 e. The molecule has 2 nitrogen and oxygen atoms in total. The molecule has 1 rings (SSSR count). The van der Waals surface area contributed by atoms with Gasteiger partial charge in [-0.2, -0.15) is 0 Å². The molecule has 0 amide bonds. The van der Waals surface area contributed by atoms with Crippen molar-refractivity contribution in [2.45, 2.75) is 6.42 Å². The van der Waals surface area contributed by atoms with Crippen LogP contribution in [0.3, 0.4) is 0 Å². The molecular formula is C6H14ClNO. The molecule has 9 heavy (non-hydrogen) atoms. The van der Waals surface area contributed by atoms with Crippen LogP contribution in [0.15, 0.2) is 0 Å². The summed E-state index contributed by atoms with van der Waals surface area (Å²) in [7, 11) is 2.09. The molecule has 1 aliphatic rings. The zero-order valence-corrected chi connectivity index (χ0v) is 6.52. The molecule has 0 spiro atoms. The lowest BCUT2D eigenvalue weighted by Gasteiger charge is -2.05. The van der Waals surface area contributed by atoms with Crippen molar-refractivity contribution in [3.63, 3.8) is 0 Å². The largest absolute Gasteiger partial charge is 0.396 e. The summed E-state index contributed by atoms with van der Waals surface area (Å²) in [6, 6.07) is 0. The summed E-state index contributed by atoms with van der Waals surface area (Å²) in [5.41, 5.74) is 0. The maximum absolute atomic E-state index is 8.66. The molecule has 0 bridgehead atoms. The average Bonchev–Trinajstić information content (AvgIpc) is 2.14. The van der Waals surface area contributed by atoms with Gasteiger partial charge < -0.3 is 10.0 Å². The van der Waals surface area contributed by atoms with E-state index in [1.54, 1.807) is 0 Å². The Morgan fingerprint density at radius 3 is 2.56 bits per heavy atom. The van der Waals surface area contributed by atoms with E-state index in [2.05, 4.69) is 11.9 Å². The van der Waals surface area contributed by atoms with Crippen LogP contribution < -0.4 is 0 Å². The Morgan fingerprint density at radius 2 is 2.33 bits per heavy atom. The van der Waals surface area contributed by atoms with Gasteiger partial charge in [-0.15, -0.1) is 12.4 Å². The zero-order valence-electron chi connectivity index (χ0n) is 5.71. The van der Waals surface area contributed by atoms with Gasteiger partial charge in [-0.3, -0.25) is 0 Å². The summed E-state index contributed by atoms with van der Waals surface area (Å²) >= 11 is 0. The number of likely N-dealkylation sites (tertiary alicyclic amines) is 1. The number of rotatable bonds is 1. The molecule has 0 unspecified atom stereocenters. The Kier molecular flexibility index (Phi) is 4.19. The standard InChI is InChI=1S/C6H13NO.ClH/c1-7-3-2-6(4-7)5-8;/h6,8H,2-5H2,1H3;1H/t6-;/m0./s1. The minimum absolute atomic E-state index is 0. The van der Waals surface area contributed by atoms with Gasteiger partial charge in [0, 0.05) is 13.2 Å². The number of aliphatic hydroxyl groups excluding tert-OH is 1. The fourth-order valence-corrected chi connectivity index (χ4v) is 1.18. The van der Waals surface area contributed by atoms with Gasteiger partial charge in [0.05, 0.1) is 0 Å². The maximum Gasteiger partial charge on any atom is 0.0471 e. The fourth-order valence-electron chi connectivity index (χ4n) is 1.18. The highest BCUT2D eigenvalue weighted by molar-refractivity contribution is 5.85. The van der Waals surface area contributed by atoms with Gasteiger partial charge in [-0.05, 0) is 25.9 Å². The molecule has 0 aromatic rings. The third kappa shape index (κ3) is 2.52. The molecule has 0 aromatic heterocycles. The van der Waals surface area contributed by atoms with E-state index < -0.39 is 0 Å². The van der Waals surface area contributed by atoms with E-state index in [0.717, 1.165) is 13.1 Å².